The number of hydrogen-bond acceptors (Lipinski definition) is 4. The van der Waals surface area contributed by atoms with Crippen molar-refractivity contribution in [3.8, 4) is 0 Å². The van der Waals surface area contributed by atoms with Crippen LogP contribution < -0.4 is 10.2 Å². The molecule has 1 aromatic heterocycles. The first kappa shape index (κ1) is 22.9. The van der Waals surface area contributed by atoms with Crippen LogP contribution in [0.2, 0.25) is 10.0 Å². The van der Waals surface area contributed by atoms with E-state index in [0.717, 1.165) is 29.4 Å². The van der Waals surface area contributed by atoms with Gasteiger partial charge in [-0.1, -0.05) is 35.3 Å². The van der Waals surface area contributed by atoms with Gasteiger partial charge in [-0.05, 0) is 43.5 Å². The number of piperazine rings is 1. The highest BCUT2D eigenvalue weighted by molar-refractivity contribution is 6.30. The molecule has 2 saturated heterocycles. The standard InChI is InChI=1S/C23H22Cl2FN5O3/c1-13(14-2-4-15(24)5-3-14)31-19(32)10-30(20-18(26)8-16(25)9-27-20)21(33)23(31)11-29(12-23)22(34)28-17-6-7-17/h2-5,8-9,13,17H,6-7,10-12H2,1H3,(H,28,34)/t13-/m0/s1. The summed E-state index contributed by atoms with van der Waals surface area (Å²) in [5.74, 6) is -1.93. The van der Waals surface area contributed by atoms with Gasteiger partial charge in [0.05, 0.1) is 24.2 Å². The Hall–Kier alpha value is -2.91. The predicted molar refractivity (Wildman–Crippen MR) is 124 cm³/mol. The number of nitrogens with zero attached hydrogens (tertiary/aromatic N) is 4. The second kappa shape index (κ2) is 8.39. The van der Waals surface area contributed by atoms with Gasteiger partial charge in [0.2, 0.25) is 5.91 Å². The molecule has 0 unspecified atom stereocenters. The Morgan fingerprint density at radius 3 is 2.47 bits per heavy atom. The summed E-state index contributed by atoms with van der Waals surface area (Å²) in [6.07, 6.45) is 3.08. The maximum Gasteiger partial charge on any atom is 0.317 e. The summed E-state index contributed by atoms with van der Waals surface area (Å²) >= 11 is 11.8. The first-order valence-corrected chi connectivity index (χ1v) is 11.7. The molecule has 3 aliphatic rings. The van der Waals surface area contributed by atoms with E-state index in [1.54, 1.807) is 24.3 Å². The third-order valence-corrected chi connectivity index (χ3v) is 7.01. The number of hydrogen-bond donors (Lipinski definition) is 1. The number of halogens is 3. The number of benzene rings is 1. The van der Waals surface area contributed by atoms with Gasteiger partial charge in [-0.3, -0.25) is 14.5 Å². The van der Waals surface area contributed by atoms with Crippen molar-refractivity contribution in [2.24, 2.45) is 0 Å². The average Bonchev–Trinajstić information content (AvgIpc) is 3.57. The summed E-state index contributed by atoms with van der Waals surface area (Å²) < 4.78 is 14.7. The molecular formula is C23H22Cl2FN5O3. The molecule has 2 aliphatic heterocycles. The number of aromatic nitrogens is 1. The first-order chi connectivity index (χ1) is 16.2. The number of likely N-dealkylation sites (tertiary alicyclic amines) is 1. The van der Waals surface area contributed by atoms with E-state index < -0.39 is 23.3 Å². The zero-order valence-corrected chi connectivity index (χ0v) is 19.8. The van der Waals surface area contributed by atoms with Crippen molar-refractivity contribution in [2.45, 2.75) is 37.4 Å². The fourth-order valence-electron chi connectivity index (χ4n) is 4.64. The minimum atomic E-state index is -1.34. The molecule has 4 amide bonds. The lowest BCUT2D eigenvalue weighted by molar-refractivity contribution is -0.164. The Labute approximate surface area is 205 Å². The zero-order chi connectivity index (χ0) is 24.2. The molecule has 1 spiro atoms. The number of pyridine rings is 1. The molecule has 3 fully saturated rings. The smallest absolute Gasteiger partial charge is 0.317 e. The summed E-state index contributed by atoms with van der Waals surface area (Å²) in [4.78, 5) is 47.9. The van der Waals surface area contributed by atoms with Gasteiger partial charge in [-0.2, -0.15) is 0 Å². The molecule has 0 bridgehead atoms. The third-order valence-electron chi connectivity index (χ3n) is 6.55. The van der Waals surface area contributed by atoms with Crippen molar-refractivity contribution in [3.63, 3.8) is 0 Å². The van der Waals surface area contributed by atoms with Crippen molar-refractivity contribution in [2.75, 3.05) is 24.5 Å². The molecule has 5 rings (SSSR count). The number of carbonyl (C=O) groups is 3. The van der Waals surface area contributed by atoms with E-state index in [2.05, 4.69) is 10.3 Å². The lowest BCUT2D eigenvalue weighted by Crippen LogP contribution is -2.82. The lowest BCUT2D eigenvalue weighted by Gasteiger charge is -2.59. The van der Waals surface area contributed by atoms with Crippen LogP contribution in [0.3, 0.4) is 0 Å². The van der Waals surface area contributed by atoms with E-state index in [4.69, 9.17) is 23.2 Å². The molecule has 11 heteroatoms. The monoisotopic (exact) mass is 505 g/mol. The number of anilines is 1. The van der Waals surface area contributed by atoms with Crippen molar-refractivity contribution < 1.29 is 18.8 Å². The van der Waals surface area contributed by atoms with E-state index in [0.29, 0.717) is 5.02 Å². The van der Waals surface area contributed by atoms with E-state index in [-0.39, 0.29) is 48.5 Å². The highest BCUT2D eigenvalue weighted by atomic mass is 35.5. The Morgan fingerprint density at radius 2 is 1.85 bits per heavy atom. The number of nitrogens with one attached hydrogen (secondary N) is 1. The molecule has 1 saturated carbocycles. The van der Waals surface area contributed by atoms with Crippen LogP contribution in [0.5, 0.6) is 0 Å². The van der Waals surface area contributed by atoms with Crippen molar-refractivity contribution in [1.82, 2.24) is 20.1 Å². The zero-order valence-electron chi connectivity index (χ0n) is 18.3. The molecular weight excluding hydrogens is 484 g/mol. The van der Waals surface area contributed by atoms with E-state index >= 15 is 0 Å². The Morgan fingerprint density at radius 1 is 1.18 bits per heavy atom. The van der Waals surface area contributed by atoms with Crippen LogP contribution >= 0.6 is 23.2 Å². The van der Waals surface area contributed by atoms with Crippen LogP contribution in [0.25, 0.3) is 0 Å². The summed E-state index contributed by atoms with van der Waals surface area (Å²) in [7, 11) is 0. The number of rotatable bonds is 4. The molecule has 8 nitrogen and oxygen atoms in total. The molecule has 0 radical (unpaired) electrons. The van der Waals surface area contributed by atoms with Gasteiger partial charge in [0.25, 0.3) is 5.91 Å². The van der Waals surface area contributed by atoms with Crippen LogP contribution in [-0.4, -0.2) is 63.8 Å². The number of urea groups is 1. The topological polar surface area (TPSA) is 85.9 Å². The largest absolute Gasteiger partial charge is 0.335 e. The molecule has 34 heavy (non-hydrogen) atoms. The molecule has 1 N–H and O–H groups in total. The quantitative estimate of drug-likeness (QED) is 0.689. The van der Waals surface area contributed by atoms with Crippen LogP contribution in [0, 0.1) is 5.82 Å². The minimum Gasteiger partial charge on any atom is -0.335 e. The van der Waals surface area contributed by atoms with E-state index in [9.17, 15) is 18.8 Å². The summed E-state index contributed by atoms with van der Waals surface area (Å²) in [6, 6.07) is 7.46. The van der Waals surface area contributed by atoms with Gasteiger partial charge in [-0.25, -0.2) is 14.2 Å². The Kier molecular flexibility index (Phi) is 5.64. The molecule has 3 heterocycles. The normalized spacial score (nSPS) is 20.4. The summed E-state index contributed by atoms with van der Waals surface area (Å²) in [5.41, 5.74) is -0.557. The molecule has 178 valence electrons. The third kappa shape index (κ3) is 3.86. The van der Waals surface area contributed by atoms with Crippen LogP contribution in [0.1, 0.15) is 31.4 Å². The van der Waals surface area contributed by atoms with Crippen LogP contribution in [0.4, 0.5) is 15.0 Å². The highest BCUT2D eigenvalue weighted by Gasteiger charge is 2.62. The second-order valence-electron chi connectivity index (χ2n) is 8.95. The van der Waals surface area contributed by atoms with Gasteiger partial charge in [-0.15, -0.1) is 0 Å². The predicted octanol–water partition coefficient (Wildman–Crippen LogP) is 3.39. The van der Waals surface area contributed by atoms with Gasteiger partial charge < -0.3 is 15.1 Å². The van der Waals surface area contributed by atoms with Gasteiger partial charge in [0.15, 0.2) is 17.2 Å². The first-order valence-electron chi connectivity index (χ1n) is 11.0. The van der Waals surface area contributed by atoms with Crippen LogP contribution in [-0.2, 0) is 9.59 Å². The van der Waals surface area contributed by atoms with Gasteiger partial charge in [0, 0.05) is 17.3 Å². The second-order valence-corrected chi connectivity index (χ2v) is 9.83. The number of amides is 4. The fourth-order valence-corrected chi connectivity index (χ4v) is 4.91. The number of carbonyl (C=O) groups excluding carboxylic acids is 3. The molecule has 1 aliphatic carbocycles. The van der Waals surface area contributed by atoms with Gasteiger partial charge in [0.1, 0.15) is 6.54 Å². The Balaban J connectivity index is 1.49. The minimum absolute atomic E-state index is 0.000233. The molecule has 1 aromatic carbocycles. The van der Waals surface area contributed by atoms with E-state index in [1.165, 1.54) is 16.0 Å². The summed E-state index contributed by atoms with van der Waals surface area (Å²) in [6.45, 7) is 1.44. The van der Waals surface area contributed by atoms with Gasteiger partial charge >= 0.3 is 6.03 Å². The maximum absolute atomic E-state index is 14.7. The van der Waals surface area contributed by atoms with Crippen LogP contribution in [0.15, 0.2) is 36.5 Å². The SMILES string of the molecule is C[C@@H](c1ccc(Cl)cc1)N1C(=O)CN(c2ncc(Cl)cc2F)C(=O)C12CN(C(=O)NC1CC1)C2. The van der Waals surface area contributed by atoms with Crippen molar-refractivity contribution in [3.05, 3.63) is 58.0 Å². The fraction of sp³-hybridized carbons (Fsp3) is 0.391. The lowest BCUT2D eigenvalue weighted by atomic mass is 9.82. The maximum atomic E-state index is 14.7. The van der Waals surface area contributed by atoms with Crippen molar-refractivity contribution in [1.29, 1.82) is 0 Å². The average molecular weight is 506 g/mol. The molecule has 1 atom stereocenters. The van der Waals surface area contributed by atoms with E-state index in [1.807, 2.05) is 6.92 Å². The van der Waals surface area contributed by atoms with Crippen molar-refractivity contribution >= 4 is 46.9 Å². The Bertz CT molecular complexity index is 1170. The highest BCUT2D eigenvalue weighted by Crippen LogP contribution is 2.41. The summed E-state index contributed by atoms with van der Waals surface area (Å²) in [5, 5.41) is 3.53. The molecule has 2 aromatic rings.